The van der Waals surface area contributed by atoms with E-state index in [-0.39, 0.29) is 17.5 Å². The maximum atomic E-state index is 11.3. The predicted octanol–water partition coefficient (Wildman–Crippen LogP) is 0.584. The van der Waals surface area contributed by atoms with Crippen molar-refractivity contribution in [3.63, 3.8) is 0 Å². The van der Waals surface area contributed by atoms with E-state index in [9.17, 15) is 4.79 Å². The summed E-state index contributed by atoms with van der Waals surface area (Å²) in [5.74, 6) is -0.337. The molecule has 0 unspecified atom stereocenters. The van der Waals surface area contributed by atoms with Gasteiger partial charge in [-0.05, 0) is 20.3 Å². The third-order valence-corrected chi connectivity index (χ3v) is 2.77. The Hall–Kier alpha value is -1.36. The molecule has 1 aromatic heterocycles. The molecule has 0 saturated heterocycles. The van der Waals surface area contributed by atoms with Gasteiger partial charge >= 0.3 is 0 Å². The first-order chi connectivity index (χ1) is 7.44. The number of imidazole rings is 1. The van der Waals surface area contributed by atoms with Crippen LogP contribution in [0.15, 0.2) is 12.5 Å². The summed E-state index contributed by atoms with van der Waals surface area (Å²) >= 11 is 0. The van der Waals surface area contributed by atoms with E-state index in [4.69, 9.17) is 5.73 Å². The monoisotopic (exact) mass is 224 g/mol. The molecule has 0 radical (unpaired) electrons. The van der Waals surface area contributed by atoms with E-state index >= 15 is 0 Å². The van der Waals surface area contributed by atoms with Crippen LogP contribution in [-0.2, 0) is 11.2 Å². The summed E-state index contributed by atoms with van der Waals surface area (Å²) in [5.41, 5.74) is 6.19. The van der Waals surface area contributed by atoms with E-state index in [1.807, 2.05) is 0 Å². The Balaban J connectivity index is 2.65. The number of hydrogen-bond donors (Lipinski definition) is 3. The fraction of sp³-hybridized carbons (Fsp3) is 0.636. The lowest BCUT2D eigenvalue weighted by Crippen LogP contribution is -2.52. The Bertz CT molecular complexity index is 332. The number of nitrogens with one attached hydrogen (secondary N) is 2. The molecule has 1 amide bonds. The molecule has 1 heterocycles. The summed E-state index contributed by atoms with van der Waals surface area (Å²) < 4.78 is 0. The van der Waals surface area contributed by atoms with Crippen molar-refractivity contribution in [1.29, 1.82) is 0 Å². The van der Waals surface area contributed by atoms with Crippen LogP contribution < -0.4 is 11.1 Å². The Labute approximate surface area is 95.8 Å². The number of H-pyrrole nitrogens is 1. The smallest absolute Gasteiger partial charge is 0.234 e. The van der Waals surface area contributed by atoms with Gasteiger partial charge in [0.2, 0.25) is 5.91 Å². The second kappa shape index (κ2) is 5.12. The van der Waals surface area contributed by atoms with Crippen LogP contribution in [0.3, 0.4) is 0 Å². The highest BCUT2D eigenvalue weighted by Crippen LogP contribution is 2.10. The minimum absolute atomic E-state index is 0.0975. The fourth-order valence-electron chi connectivity index (χ4n) is 1.41. The van der Waals surface area contributed by atoms with Crippen molar-refractivity contribution >= 4 is 5.91 Å². The molecule has 5 heteroatoms. The number of carbonyl (C=O) groups excluding carboxylic acids is 1. The number of nitrogens with zero attached hydrogens (tertiary/aromatic N) is 1. The number of amides is 1. The first-order valence-corrected chi connectivity index (χ1v) is 5.49. The van der Waals surface area contributed by atoms with Crippen LogP contribution >= 0.6 is 0 Å². The second-order valence-corrected chi connectivity index (χ2v) is 4.62. The molecule has 0 spiro atoms. The average molecular weight is 224 g/mol. The van der Waals surface area contributed by atoms with Crippen LogP contribution in [-0.4, -0.2) is 27.5 Å². The highest BCUT2D eigenvalue weighted by atomic mass is 16.1. The van der Waals surface area contributed by atoms with E-state index < -0.39 is 0 Å². The quantitative estimate of drug-likeness (QED) is 0.661. The van der Waals surface area contributed by atoms with Gasteiger partial charge in [-0.15, -0.1) is 0 Å². The zero-order valence-electron chi connectivity index (χ0n) is 10.1. The molecular formula is C11H20N4O. The Kier molecular flexibility index (Phi) is 4.06. The van der Waals surface area contributed by atoms with Crippen LogP contribution in [0.25, 0.3) is 0 Å². The number of hydrogen-bond acceptors (Lipinski definition) is 3. The highest BCUT2D eigenvalue weighted by Gasteiger charge is 2.24. The van der Waals surface area contributed by atoms with Crippen LogP contribution in [0.1, 0.15) is 32.9 Å². The van der Waals surface area contributed by atoms with Gasteiger partial charge in [0.1, 0.15) is 0 Å². The molecule has 16 heavy (non-hydrogen) atoms. The predicted molar refractivity (Wildman–Crippen MR) is 62.8 cm³/mol. The SMILES string of the molecule is CCC(C)(C)N[C@H](Cc1cnc[nH]1)C(N)=O. The van der Waals surface area contributed by atoms with Gasteiger partial charge in [0, 0.05) is 23.9 Å². The lowest BCUT2D eigenvalue weighted by Gasteiger charge is -2.29. The second-order valence-electron chi connectivity index (χ2n) is 4.62. The molecule has 0 bridgehead atoms. The molecular weight excluding hydrogens is 204 g/mol. The van der Waals surface area contributed by atoms with Crippen molar-refractivity contribution < 1.29 is 4.79 Å². The molecule has 1 aromatic rings. The summed E-state index contributed by atoms with van der Waals surface area (Å²) in [6.45, 7) is 6.17. The first kappa shape index (κ1) is 12.7. The molecule has 4 N–H and O–H groups in total. The molecule has 1 atom stereocenters. The minimum Gasteiger partial charge on any atom is -0.368 e. The lowest BCUT2D eigenvalue weighted by molar-refractivity contribution is -0.120. The third-order valence-electron chi connectivity index (χ3n) is 2.77. The van der Waals surface area contributed by atoms with Crippen molar-refractivity contribution in [2.24, 2.45) is 5.73 Å². The maximum Gasteiger partial charge on any atom is 0.234 e. The lowest BCUT2D eigenvalue weighted by atomic mass is 9.99. The van der Waals surface area contributed by atoms with Crippen LogP contribution in [0.5, 0.6) is 0 Å². The number of primary amides is 1. The van der Waals surface area contributed by atoms with Gasteiger partial charge in [-0.3, -0.25) is 4.79 Å². The van der Waals surface area contributed by atoms with Crippen LogP contribution in [0.4, 0.5) is 0 Å². The minimum atomic E-state index is -0.365. The molecule has 0 aliphatic heterocycles. The van der Waals surface area contributed by atoms with Crippen LogP contribution in [0.2, 0.25) is 0 Å². The highest BCUT2D eigenvalue weighted by molar-refractivity contribution is 5.80. The third kappa shape index (κ3) is 3.66. The Morgan fingerprint density at radius 1 is 1.69 bits per heavy atom. The van der Waals surface area contributed by atoms with Gasteiger partial charge in [0.05, 0.1) is 12.4 Å². The van der Waals surface area contributed by atoms with E-state index in [1.54, 1.807) is 12.5 Å². The molecule has 90 valence electrons. The molecule has 0 aliphatic carbocycles. The summed E-state index contributed by atoms with van der Waals surface area (Å²) in [4.78, 5) is 18.2. The van der Waals surface area contributed by atoms with Crippen LogP contribution in [0, 0.1) is 0 Å². The van der Waals surface area contributed by atoms with E-state index in [1.165, 1.54) is 0 Å². The normalized spacial score (nSPS) is 13.7. The Morgan fingerprint density at radius 2 is 2.38 bits per heavy atom. The number of aromatic amines is 1. The molecule has 5 nitrogen and oxygen atoms in total. The van der Waals surface area contributed by atoms with Gasteiger partial charge in [-0.2, -0.15) is 0 Å². The topological polar surface area (TPSA) is 83.8 Å². The van der Waals surface area contributed by atoms with Crippen molar-refractivity contribution in [3.8, 4) is 0 Å². The first-order valence-electron chi connectivity index (χ1n) is 5.49. The zero-order chi connectivity index (χ0) is 12.2. The number of rotatable bonds is 6. The van der Waals surface area contributed by atoms with Crippen molar-refractivity contribution in [1.82, 2.24) is 15.3 Å². The molecule has 0 aliphatic rings. The largest absolute Gasteiger partial charge is 0.368 e. The molecule has 0 aromatic carbocycles. The van der Waals surface area contributed by atoms with E-state index in [0.29, 0.717) is 6.42 Å². The number of carbonyl (C=O) groups is 1. The van der Waals surface area contributed by atoms with Gasteiger partial charge in [-0.25, -0.2) is 4.98 Å². The van der Waals surface area contributed by atoms with Crippen molar-refractivity contribution in [3.05, 3.63) is 18.2 Å². The van der Waals surface area contributed by atoms with Gasteiger partial charge in [0.25, 0.3) is 0 Å². The molecule has 0 fully saturated rings. The summed E-state index contributed by atoms with van der Waals surface area (Å²) in [5, 5.41) is 3.26. The van der Waals surface area contributed by atoms with E-state index in [0.717, 1.165) is 12.1 Å². The van der Waals surface area contributed by atoms with Gasteiger partial charge in [0.15, 0.2) is 0 Å². The number of aromatic nitrogens is 2. The molecule has 1 rings (SSSR count). The van der Waals surface area contributed by atoms with Crippen molar-refractivity contribution in [2.75, 3.05) is 0 Å². The summed E-state index contributed by atoms with van der Waals surface area (Å²) in [6, 6.07) is -0.365. The summed E-state index contributed by atoms with van der Waals surface area (Å²) in [6.07, 6.45) is 4.77. The van der Waals surface area contributed by atoms with Gasteiger partial charge in [-0.1, -0.05) is 6.92 Å². The number of nitrogens with two attached hydrogens (primary N) is 1. The maximum absolute atomic E-state index is 11.3. The standard InChI is InChI=1S/C11H20N4O/c1-4-11(2,3)15-9(10(12)16)5-8-6-13-7-14-8/h6-7,9,15H,4-5H2,1-3H3,(H2,12,16)(H,13,14)/t9-/m1/s1. The Morgan fingerprint density at radius 3 is 2.81 bits per heavy atom. The summed E-state index contributed by atoms with van der Waals surface area (Å²) in [7, 11) is 0. The average Bonchev–Trinajstić information content (AvgIpc) is 2.69. The fourth-order valence-corrected chi connectivity index (χ4v) is 1.41. The molecule has 0 saturated carbocycles. The zero-order valence-corrected chi connectivity index (χ0v) is 10.1. The van der Waals surface area contributed by atoms with E-state index in [2.05, 4.69) is 36.1 Å². The van der Waals surface area contributed by atoms with Crippen molar-refractivity contribution in [2.45, 2.75) is 45.2 Å². The van der Waals surface area contributed by atoms with Gasteiger partial charge < -0.3 is 16.0 Å².